The number of fused-ring (bicyclic) bond motifs is 2. The van der Waals surface area contributed by atoms with Crippen LogP contribution in [0, 0.1) is 11.8 Å². The van der Waals surface area contributed by atoms with Crippen molar-refractivity contribution in [2.75, 3.05) is 20.8 Å². The third-order valence-electron chi connectivity index (χ3n) is 7.22. The number of methoxy groups -OCH3 is 2. The summed E-state index contributed by atoms with van der Waals surface area (Å²) in [4.78, 5) is 51.3. The number of allylic oxidation sites excluding steroid dienone is 4. The number of hydrogen-bond donors (Lipinski definition) is 4. The fraction of sp³-hybridized carbons (Fsp3) is 0.484. The molecule has 0 saturated carbocycles. The van der Waals surface area contributed by atoms with Crippen LogP contribution in [0.4, 0.5) is 4.79 Å². The molecule has 0 aromatic carbocycles. The van der Waals surface area contributed by atoms with E-state index in [0.29, 0.717) is 12.0 Å². The number of rotatable bonds is 6. The van der Waals surface area contributed by atoms with Crippen LogP contribution in [0.3, 0.4) is 0 Å². The van der Waals surface area contributed by atoms with Crippen LogP contribution in [0.2, 0.25) is 0 Å². The summed E-state index contributed by atoms with van der Waals surface area (Å²) in [6.07, 6.45) is 5.34. The molecular formula is C31H43N3O8. The van der Waals surface area contributed by atoms with E-state index in [1.165, 1.54) is 20.3 Å². The maximum atomic E-state index is 13.5. The van der Waals surface area contributed by atoms with Gasteiger partial charge in [-0.2, -0.15) is 0 Å². The Labute approximate surface area is 247 Å². The molecule has 11 nitrogen and oxygen atoms in total. The summed E-state index contributed by atoms with van der Waals surface area (Å²) >= 11 is 0. The molecule has 0 aromatic rings. The average molecular weight is 586 g/mol. The largest absolute Gasteiger partial charge is 0.439 e. The van der Waals surface area contributed by atoms with Crippen LogP contribution in [0.1, 0.15) is 40.5 Å². The summed E-state index contributed by atoms with van der Waals surface area (Å²) in [6, 6.07) is 0. The number of amides is 2. The van der Waals surface area contributed by atoms with Crippen molar-refractivity contribution in [3.05, 3.63) is 71.1 Å². The van der Waals surface area contributed by atoms with Gasteiger partial charge in [-0.25, -0.2) is 4.79 Å². The Balaban J connectivity index is 2.62. The second-order valence-electron chi connectivity index (χ2n) is 10.6. The van der Waals surface area contributed by atoms with Gasteiger partial charge in [-0.1, -0.05) is 44.2 Å². The molecule has 0 aromatic heterocycles. The first kappa shape index (κ1) is 34.4. The lowest BCUT2D eigenvalue weighted by molar-refractivity contribution is -0.120. The molecule has 0 fully saturated rings. The number of nitrogens with two attached hydrogens (primary N) is 1. The highest BCUT2D eigenvalue weighted by Gasteiger charge is 2.33. The summed E-state index contributed by atoms with van der Waals surface area (Å²) in [6.45, 7) is 10.9. The first-order valence-corrected chi connectivity index (χ1v) is 13.8. The third-order valence-corrected chi connectivity index (χ3v) is 7.22. The van der Waals surface area contributed by atoms with E-state index in [-0.39, 0.29) is 41.4 Å². The number of nitrogens with one attached hydrogen (secondary N) is 2. The van der Waals surface area contributed by atoms with Gasteiger partial charge in [0.25, 0.3) is 5.91 Å². The van der Waals surface area contributed by atoms with E-state index in [4.69, 9.17) is 19.9 Å². The molecule has 1 aliphatic carbocycles. The molecule has 230 valence electrons. The summed E-state index contributed by atoms with van der Waals surface area (Å²) in [7, 11) is 2.92. The van der Waals surface area contributed by atoms with Gasteiger partial charge in [0, 0.05) is 43.9 Å². The zero-order valence-electron chi connectivity index (χ0n) is 25.1. The fourth-order valence-corrected chi connectivity index (χ4v) is 4.95. The molecule has 1 heterocycles. The van der Waals surface area contributed by atoms with E-state index in [1.807, 2.05) is 6.92 Å². The molecule has 5 N–H and O–H groups in total. The molecular weight excluding hydrogens is 542 g/mol. The van der Waals surface area contributed by atoms with Crippen LogP contribution in [0.5, 0.6) is 0 Å². The number of ether oxygens (including phenoxy) is 3. The molecule has 2 amide bonds. The lowest BCUT2D eigenvalue weighted by Gasteiger charge is -2.30. The second kappa shape index (κ2) is 16.0. The van der Waals surface area contributed by atoms with Crippen LogP contribution in [-0.2, 0) is 28.6 Å². The molecule has 42 heavy (non-hydrogen) atoms. The van der Waals surface area contributed by atoms with Gasteiger partial charge in [0.05, 0.1) is 23.6 Å². The Bertz CT molecular complexity index is 1210. The lowest BCUT2D eigenvalue weighted by Crippen LogP contribution is -2.37. The Kier molecular flexibility index (Phi) is 13.1. The molecule has 0 radical (unpaired) electrons. The smallest absolute Gasteiger partial charge is 0.405 e. The van der Waals surface area contributed by atoms with E-state index >= 15 is 0 Å². The Hall–Kier alpha value is -3.80. The highest BCUT2D eigenvalue weighted by molar-refractivity contribution is 6.23. The number of carbonyl (C=O) groups is 4. The van der Waals surface area contributed by atoms with E-state index < -0.39 is 53.9 Å². The fourth-order valence-electron chi connectivity index (χ4n) is 4.95. The third kappa shape index (κ3) is 9.10. The van der Waals surface area contributed by atoms with Gasteiger partial charge in [0.15, 0.2) is 6.10 Å². The molecule has 1 aliphatic heterocycles. The average Bonchev–Trinajstić information content (AvgIpc) is 2.94. The predicted molar refractivity (Wildman–Crippen MR) is 158 cm³/mol. The second-order valence-corrected chi connectivity index (χ2v) is 10.6. The quantitative estimate of drug-likeness (QED) is 0.271. The molecule has 2 rings (SSSR count). The number of Topliss-reactive ketones (excluding diaryl/α,β-unsaturated/α-hetero) is 1. The molecule has 2 aliphatic rings. The van der Waals surface area contributed by atoms with Crippen LogP contribution < -0.4 is 16.4 Å². The van der Waals surface area contributed by atoms with Gasteiger partial charge < -0.3 is 35.7 Å². The van der Waals surface area contributed by atoms with Crippen LogP contribution in [0.25, 0.3) is 0 Å². The van der Waals surface area contributed by atoms with Crippen LogP contribution >= 0.6 is 0 Å². The van der Waals surface area contributed by atoms with Gasteiger partial charge >= 0.3 is 6.09 Å². The number of hydrogen-bond acceptors (Lipinski definition) is 9. The van der Waals surface area contributed by atoms with Crippen molar-refractivity contribution in [3.63, 3.8) is 0 Å². The Morgan fingerprint density at radius 3 is 2.50 bits per heavy atom. The zero-order valence-corrected chi connectivity index (χ0v) is 25.1. The number of aliphatic hydroxyl groups excluding tert-OH is 1. The number of primary amides is 1. The number of aliphatic hydroxyl groups is 1. The Morgan fingerprint density at radius 2 is 1.90 bits per heavy atom. The standard InChI is InChI=1S/C31H43N3O8/c1-8-12-33-26-21-13-17(2)14-25(41-7)27(36)19(4)15-20(5)29(42-31(32)39)24(40-6)11-9-10-18(3)30(38)34-22(28(21)37)16-23(26)35/h8-11,15-17,19,24-25,27,29,33,36H,1,12-14H2,2-7H3,(H2,32,39)(H,34,38)/b11-9-,18-10-,20-15-. The van der Waals surface area contributed by atoms with E-state index in [0.717, 1.165) is 6.08 Å². The van der Waals surface area contributed by atoms with Gasteiger partial charge in [-0.3, -0.25) is 14.4 Å². The topological polar surface area (TPSA) is 166 Å². The van der Waals surface area contributed by atoms with Crippen molar-refractivity contribution >= 4 is 23.6 Å². The van der Waals surface area contributed by atoms with Crippen molar-refractivity contribution < 1.29 is 38.5 Å². The maximum absolute atomic E-state index is 13.5. The molecule has 6 unspecified atom stereocenters. The monoisotopic (exact) mass is 585 g/mol. The SMILES string of the molecule is C=CCNC1=C2CC(C)CC(OC)C(O)C(C)/C=C(/C)C(OC(N)=O)C(OC)/C=C\C=C(\C)C(=O)NC(=CC1=O)C2=O. The summed E-state index contributed by atoms with van der Waals surface area (Å²) in [5.74, 6) is -2.14. The first-order valence-electron chi connectivity index (χ1n) is 13.8. The molecule has 11 heteroatoms. The normalized spacial score (nSPS) is 31.6. The van der Waals surface area contributed by atoms with Gasteiger partial charge in [-0.05, 0) is 38.2 Å². The lowest BCUT2D eigenvalue weighted by atomic mass is 9.85. The maximum Gasteiger partial charge on any atom is 0.405 e. The van der Waals surface area contributed by atoms with Crippen LogP contribution in [0.15, 0.2) is 71.1 Å². The highest BCUT2D eigenvalue weighted by Crippen LogP contribution is 2.28. The zero-order chi connectivity index (χ0) is 31.6. The minimum absolute atomic E-state index is 0.132. The van der Waals surface area contributed by atoms with E-state index in [2.05, 4.69) is 17.2 Å². The summed E-state index contributed by atoms with van der Waals surface area (Å²) in [5.41, 5.74) is 6.42. The highest BCUT2D eigenvalue weighted by atomic mass is 16.6. The minimum atomic E-state index is -1.00. The molecule has 0 spiro atoms. The van der Waals surface area contributed by atoms with Gasteiger partial charge in [0.1, 0.15) is 6.10 Å². The van der Waals surface area contributed by atoms with Crippen molar-refractivity contribution in [1.29, 1.82) is 0 Å². The summed E-state index contributed by atoms with van der Waals surface area (Å²) in [5, 5.41) is 16.7. The summed E-state index contributed by atoms with van der Waals surface area (Å²) < 4.78 is 16.6. The van der Waals surface area contributed by atoms with E-state index in [9.17, 15) is 24.3 Å². The number of carbonyl (C=O) groups excluding carboxylic acids is 4. The molecule has 6 atom stereocenters. The predicted octanol–water partition coefficient (Wildman–Crippen LogP) is 2.54. The van der Waals surface area contributed by atoms with Crippen molar-refractivity contribution in [2.45, 2.75) is 65.0 Å². The van der Waals surface area contributed by atoms with Gasteiger partial charge in [-0.15, -0.1) is 6.58 Å². The molecule has 0 saturated heterocycles. The van der Waals surface area contributed by atoms with Gasteiger partial charge in [0.2, 0.25) is 11.6 Å². The van der Waals surface area contributed by atoms with Crippen molar-refractivity contribution in [1.82, 2.24) is 10.6 Å². The van der Waals surface area contributed by atoms with Crippen molar-refractivity contribution in [3.8, 4) is 0 Å². The van der Waals surface area contributed by atoms with Crippen molar-refractivity contribution in [2.24, 2.45) is 17.6 Å². The van der Waals surface area contributed by atoms with Crippen LogP contribution in [-0.4, -0.2) is 73.9 Å². The minimum Gasteiger partial charge on any atom is -0.439 e. The Morgan fingerprint density at radius 1 is 1.21 bits per heavy atom. The van der Waals surface area contributed by atoms with E-state index in [1.54, 1.807) is 45.1 Å². The number of ketones is 2. The first-order chi connectivity index (χ1) is 19.8. The molecule has 2 bridgehead atoms.